The summed E-state index contributed by atoms with van der Waals surface area (Å²) in [5.41, 5.74) is 0.777. The summed E-state index contributed by atoms with van der Waals surface area (Å²) in [4.78, 5) is 26.7. The zero-order valence-electron chi connectivity index (χ0n) is 17.9. The maximum atomic E-state index is 13.0. The highest BCUT2D eigenvalue weighted by atomic mass is 32.2. The fourth-order valence-corrected chi connectivity index (χ4v) is 5.11. The smallest absolute Gasteiger partial charge is 0.338 e. The average Bonchev–Trinajstić information content (AvgIpc) is 3.09. The molecule has 7 nitrogen and oxygen atoms in total. The number of amides is 1. The number of hydrogen-bond acceptors (Lipinski definition) is 5. The molecule has 0 spiro atoms. The number of anilines is 1. The first kappa shape index (κ1) is 23.0. The highest BCUT2D eigenvalue weighted by Gasteiger charge is 2.27. The third-order valence-electron chi connectivity index (χ3n) is 5.38. The second-order valence-electron chi connectivity index (χ2n) is 7.63. The van der Waals surface area contributed by atoms with Crippen LogP contribution in [0.4, 0.5) is 5.69 Å². The fourth-order valence-electron chi connectivity index (χ4n) is 3.55. The lowest BCUT2D eigenvalue weighted by Crippen LogP contribution is -2.37. The number of benzene rings is 2. The van der Waals surface area contributed by atoms with Crippen LogP contribution in [-0.2, 0) is 19.6 Å². The van der Waals surface area contributed by atoms with Crippen molar-refractivity contribution in [2.45, 2.75) is 43.6 Å². The van der Waals surface area contributed by atoms with E-state index in [1.807, 2.05) is 18.2 Å². The van der Waals surface area contributed by atoms with Crippen molar-refractivity contribution in [3.63, 3.8) is 0 Å². The quantitative estimate of drug-likeness (QED) is 0.637. The van der Waals surface area contributed by atoms with E-state index in [0.29, 0.717) is 18.8 Å². The Kier molecular flexibility index (Phi) is 7.46. The maximum Gasteiger partial charge on any atom is 0.338 e. The van der Waals surface area contributed by atoms with Crippen LogP contribution in [0.1, 0.15) is 43.0 Å². The number of sulfonamides is 1. The van der Waals surface area contributed by atoms with E-state index in [1.165, 1.54) is 40.4 Å². The van der Waals surface area contributed by atoms with Gasteiger partial charge in [0.2, 0.25) is 10.0 Å². The molecular weight excluding hydrogens is 416 g/mol. The second-order valence-corrected chi connectivity index (χ2v) is 9.56. The first-order chi connectivity index (χ1) is 14.8. The number of carbonyl (C=O) groups excluding carboxylic acids is 2. The van der Waals surface area contributed by atoms with Crippen LogP contribution in [0.2, 0.25) is 0 Å². The van der Waals surface area contributed by atoms with Crippen LogP contribution < -0.4 is 4.90 Å². The molecule has 0 unspecified atom stereocenters. The maximum absolute atomic E-state index is 13.0. The summed E-state index contributed by atoms with van der Waals surface area (Å²) in [5.74, 6) is -1.12. The summed E-state index contributed by atoms with van der Waals surface area (Å²) < 4.78 is 32.8. The largest absolute Gasteiger partial charge is 0.449 e. The van der Waals surface area contributed by atoms with E-state index in [-0.39, 0.29) is 16.4 Å². The Morgan fingerprint density at radius 2 is 1.61 bits per heavy atom. The van der Waals surface area contributed by atoms with Crippen molar-refractivity contribution in [1.29, 1.82) is 0 Å². The van der Waals surface area contributed by atoms with Gasteiger partial charge < -0.3 is 9.64 Å². The van der Waals surface area contributed by atoms with Gasteiger partial charge in [-0.2, -0.15) is 4.31 Å². The molecule has 0 saturated carbocycles. The minimum Gasteiger partial charge on any atom is -0.449 e. The molecule has 2 aromatic rings. The van der Waals surface area contributed by atoms with Gasteiger partial charge in [0, 0.05) is 25.8 Å². The zero-order chi connectivity index (χ0) is 22.4. The second kappa shape index (κ2) is 10.1. The van der Waals surface area contributed by atoms with Crippen molar-refractivity contribution >= 4 is 27.6 Å². The molecule has 1 atom stereocenters. The molecule has 0 aromatic heterocycles. The molecule has 1 heterocycles. The third kappa shape index (κ3) is 5.51. The van der Waals surface area contributed by atoms with Gasteiger partial charge in [0.1, 0.15) is 0 Å². The summed E-state index contributed by atoms with van der Waals surface area (Å²) >= 11 is 0. The predicted octanol–water partition coefficient (Wildman–Crippen LogP) is 3.46. The molecule has 3 rings (SSSR count). The molecule has 0 radical (unpaired) electrons. The van der Waals surface area contributed by atoms with E-state index in [4.69, 9.17) is 4.74 Å². The van der Waals surface area contributed by atoms with Crippen molar-refractivity contribution in [3.05, 3.63) is 60.2 Å². The van der Waals surface area contributed by atoms with Gasteiger partial charge in [-0.05, 0) is 50.1 Å². The van der Waals surface area contributed by atoms with Crippen molar-refractivity contribution in [3.8, 4) is 0 Å². The topological polar surface area (TPSA) is 84.0 Å². The normalized spacial score (nSPS) is 16.2. The van der Waals surface area contributed by atoms with Gasteiger partial charge in [-0.25, -0.2) is 13.2 Å². The number of hydrogen-bond donors (Lipinski definition) is 0. The van der Waals surface area contributed by atoms with Gasteiger partial charge >= 0.3 is 5.97 Å². The Labute approximate surface area is 183 Å². The van der Waals surface area contributed by atoms with Gasteiger partial charge in [-0.15, -0.1) is 0 Å². The number of likely N-dealkylation sites (N-methyl/N-ethyl adjacent to an activating group) is 1. The number of esters is 1. The van der Waals surface area contributed by atoms with E-state index in [1.54, 1.807) is 19.2 Å². The van der Waals surface area contributed by atoms with Crippen LogP contribution >= 0.6 is 0 Å². The predicted molar refractivity (Wildman–Crippen MR) is 118 cm³/mol. The van der Waals surface area contributed by atoms with Crippen molar-refractivity contribution in [1.82, 2.24) is 4.31 Å². The minimum absolute atomic E-state index is 0.0595. The van der Waals surface area contributed by atoms with Gasteiger partial charge in [0.15, 0.2) is 6.10 Å². The molecule has 166 valence electrons. The summed E-state index contributed by atoms with van der Waals surface area (Å²) in [5, 5.41) is 0. The summed E-state index contributed by atoms with van der Waals surface area (Å²) in [7, 11) is -2.08. The zero-order valence-corrected chi connectivity index (χ0v) is 18.7. The van der Waals surface area contributed by atoms with Crippen LogP contribution in [0.25, 0.3) is 0 Å². The van der Waals surface area contributed by atoms with E-state index in [2.05, 4.69) is 0 Å². The summed E-state index contributed by atoms with van der Waals surface area (Å²) in [6, 6.07) is 14.8. The number of ether oxygens (including phenoxy) is 1. The number of carbonyl (C=O) groups is 2. The molecule has 2 aromatic carbocycles. The first-order valence-corrected chi connectivity index (χ1v) is 11.9. The lowest BCUT2D eigenvalue weighted by atomic mass is 10.2. The van der Waals surface area contributed by atoms with Crippen molar-refractivity contribution in [2.24, 2.45) is 0 Å². The molecule has 0 aliphatic carbocycles. The van der Waals surface area contributed by atoms with Crippen LogP contribution in [0, 0.1) is 0 Å². The van der Waals surface area contributed by atoms with Gasteiger partial charge in [-0.3, -0.25) is 4.79 Å². The molecule has 1 aliphatic heterocycles. The Hall–Kier alpha value is -2.71. The molecular formula is C23H28N2O5S. The van der Waals surface area contributed by atoms with Crippen LogP contribution in [0.3, 0.4) is 0 Å². The van der Waals surface area contributed by atoms with E-state index >= 15 is 0 Å². The third-order valence-corrected chi connectivity index (χ3v) is 7.27. The molecule has 8 heteroatoms. The van der Waals surface area contributed by atoms with Gasteiger partial charge in [0.25, 0.3) is 5.91 Å². The molecule has 1 saturated heterocycles. The minimum atomic E-state index is -3.69. The lowest BCUT2D eigenvalue weighted by Gasteiger charge is -2.22. The van der Waals surface area contributed by atoms with Gasteiger partial charge in [0.05, 0.1) is 10.5 Å². The van der Waals surface area contributed by atoms with Crippen LogP contribution in [0.15, 0.2) is 59.5 Å². The van der Waals surface area contributed by atoms with Crippen molar-refractivity contribution in [2.75, 3.05) is 25.0 Å². The number of para-hydroxylation sites is 1. The average molecular weight is 445 g/mol. The molecule has 31 heavy (non-hydrogen) atoms. The number of rotatable bonds is 6. The SMILES string of the molecule is C[C@@H](OC(=O)c1cccc(S(=O)(=O)N2CCCCCC2)c1)C(=O)N(C)c1ccccc1. The monoisotopic (exact) mass is 444 g/mol. The Balaban J connectivity index is 1.71. The Bertz CT molecular complexity index is 1020. The molecule has 1 amide bonds. The lowest BCUT2D eigenvalue weighted by molar-refractivity contribution is -0.126. The Morgan fingerprint density at radius 3 is 2.26 bits per heavy atom. The van der Waals surface area contributed by atoms with E-state index in [0.717, 1.165) is 25.7 Å². The number of nitrogens with zero attached hydrogens (tertiary/aromatic N) is 2. The molecule has 0 bridgehead atoms. The van der Waals surface area contributed by atoms with Crippen LogP contribution in [0.5, 0.6) is 0 Å². The van der Waals surface area contributed by atoms with Crippen LogP contribution in [-0.4, -0.2) is 50.8 Å². The molecule has 1 fully saturated rings. The van der Waals surface area contributed by atoms with Gasteiger partial charge in [-0.1, -0.05) is 37.1 Å². The summed E-state index contributed by atoms with van der Waals surface area (Å²) in [6.07, 6.45) is 2.66. The van der Waals surface area contributed by atoms with Crippen molar-refractivity contribution < 1.29 is 22.7 Å². The molecule has 1 aliphatic rings. The summed E-state index contributed by atoms with van der Waals surface area (Å²) in [6.45, 7) is 2.46. The standard InChI is InChI=1S/C23H28N2O5S/c1-18(22(26)24(2)20-12-6-5-7-13-20)30-23(27)19-11-10-14-21(17-19)31(28,29)25-15-8-3-4-9-16-25/h5-7,10-14,17-18H,3-4,8-9,15-16H2,1-2H3/t18-/m1/s1. The van der Waals surface area contributed by atoms with E-state index < -0.39 is 22.1 Å². The highest BCUT2D eigenvalue weighted by molar-refractivity contribution is 7.89. The fraction of sp³-hybridized carbons (Fsp3) is 0.391. The van der Waals surface area contributed by atoms with E-state index in [9.17, 15) is 18.0 Å². The molecule has 0 N–H and O–H groups in total. The first-order valence-electron chi connectivity index (χ1n) is 10.4. The Morgan fingerprint density at radius 1 is 0.968 bits per heavy atom. The highest BCUT2D eigenvalue weighted by Crippen LogP contribution is 2.22.